The Hall–Kier alpha value is -3.89. The van der Waals surface area contributed by atoms with Gasteiger partial charge < -0.3 is 4.74 Å². The highest BCUT2D eigenvalue weighted by molar-refractivity contribution is 5.88. The van der Waals surface area contributed by atoms with Gasteiger partial charge in [-0.1, -0.05) is 0 Å². The van der Waals surface area contributed by atoms with E-state index in [9.17, 15) is 9.18 Å². The summed E-state index contributed by atoms with van der Waals surface area (Å²) in [5, 5.41) is 17.4. The molecule has 0 atom stereocenters. The Kier molecular flexibility index (Phi) is 4.62. The van der Waals surface area contributed by atoms with Gasteiger partial charge in [0.1, 0.15) is 24.4 Å². The van der Waals surface area contributed by atoms with Crippen molar-refractivity contribution in [2.75, 3.05) is 11.9 Å². The highest BCUT2D eigenvalue weighted by atomic mass is 19.1. The van der Waals surface area contributed by atoms with Crippen LogP contribution in [0.2, 0.25) is 0 Å². The first-order chi connectivity index (χ1) is 13.6. The van der Waals surface area contributed by atoms with Gasteiger partial charge in [0.15, 0.2) is 5.65 Å². The maximum Gasteiger partial charge on any atom is 0.249 e. The fraction of sp³-hybridized carbons (Fsp3) is 0.176. The minimum absolute atomic E-state index is 0.0607. The van der Waals surface area contributed by atoms with Crippen LogP contribution < -0.4 is 10.1 Å². The summed E-state index contributed by atoms with van der Waals surface area (Å²) in [6, 6.07) is 7.84. The van der Waals surface area contributed by atoms with Crippen molar-refractivity contribution in [1.29, 1.82) is 0 Å². The van der Waals surface area contributed by atoms with Gasteiger partial charge in [-0.2, -0.15) is 4.98 Å². The molecule has 1 amide bonds. The number of hydrogen-bond acceptors (Lipinski definition) is 7. The Morgan fingerprint density at radius 2 is 2.18 bits per heavy atom. The van der Waals surface area contributed by atoms with Crippen LogP contribution in [0.1, 0.15) is 6.92 Å². The molecule has 0 saturated heterocycles. The summed E-state index contributed by atoms with van der Waals surface area (Å²) in [6.45, 7) is 2.26. The van der Waals surface area contributed by atoms with Gasteiger partial charge in [0.25, 0.3) is 0 Å². The van der Waals surface area contributed by atoms with Crippen molar-refractivity contribution in [3.05, 3.63) is 48.7 Å². The lowest BCUT2D eigenvalue weighted by Crippen LogP contribution is -2.19. The van der Waals surface area contributed by atoms with Gasteiger partial charge in [-0.05, 0) is 47.7 Å². The summed E-state index contributed by atoms with van der Waals surface area (Å²) in [5.74, 6) is -0.0299. The molecular weight excluding hydrogens is 367 g/mol. The molecular formula is C17H15FN8O2. The average Bonchev–Trinajstić information content (AvgIpc) is 3.31. The molecule has 142 valence electrons. The molecule has 0 bridgehead atoms. The second-order valence-electron chi connectivity index (χ2n) is 5.79. The zero-order valence-electron chi connectivity index (χ0n) is 14.8. The van der Waals surface area contributed by atoms with Crippen LogP contribution in [0.5, 0.6) is 5.75 Å². The molecule has 0 unspecified atom stereocenters. The molecule has 0 aliphatic heterocycles. The number of aromatic nitrogens is 7. The normalized spacial score (nSPS) is 10.9. The van der Waals surface area contributed by atoms with E-state index in [-0.39, 0.29) is 24.2 Å². The lowest BCUT2D eigenvalue weighted by Gasteiger charge is -2.10. The Morgan fingerprint density at radius 3 is 2.96 bits per heavy atom. The molecule has 0 radical (unpaired) electrons. The van der Waals surface area contributed by atoms with Crippen molar-refractivity contribution in [3.63, 3.8) is 0 Å². The van der Waals surface area contributed by atoms with Crippen LogP contribution in [-0.2, 0) is 11.3 Å². The standard InChI is InChI=1S/C17H15FN8O2/c1-2-28-14-5-4-12(18)7-13(14)11-3-6-15-20-17(22-26(15)8-11)21-16(27)9-25-10-19-23-24-25/h3-8,10H,2,9H2,1H3,(H,21,22,27). The van der Waals surface area contributed by atoms with E-state index in [2.05, 4.69) is 30.9 Å². The molecule has 4 aromatic rings. The van der Waals surface area contributed by atoms with Gasteiger partial charge in [0, 0.05) is 17.3 Å². The van der Waals surface area contributed by atoms with Gasteiger partial charge >= 0.3 is 0 Å². The van der Waals surface area contributed by atoms with Crippen molar-refractivity contribution >= 4 is 17.5 Å². The predicted molar refractivity (Wildman–Crippen MR) is 96.0 cm³/mol. The third kappa shape index (κ3) is 3.63. The quantitative estimate of drug-likeness (QED) is 0.538. The fourth-order valence-corrected chi connectivity index (χ4v) is 2.67. The van der Waals surface area contributed by atoms with E-state index in [1.54, 1.807) is 24.4 Å². The Labute approximate surface area is 158 Å². The van der Waals surface area contributed by atoms with Crippen LogP contribution in [0.15, 0.2) is 42.9 Å². The number of halogens is 1. The van der Waals surface area contributed by atoms with Crippen LogP contribution in [-0.4, -0.2) is 47.3 Å². The summed E-state index contributed by atoms with van der Waals surface area (Å²) in [7, 11) is 0. The van der Waals surface area contributed by atoms with E-state index in [4.69, 9.17) is 4.74 Å². The fourth-order valence-electron chi connectivity index (χ4n) is 2.67. The number of carbonyl (C=O) groups excluding carboxylic acids is 1. The van der Waals surface area contributed by atoms with E-state index < -0.39 is 0 Å². The van der Waals surface area contributed by atoms with Crippen molar-refractivity contribution in [1.82, 2.24) is 34.8 Å². The summed E-state index contributed by atoms with van der Waals surface area (Å²) >= 11 is 0. The largest absolute Gasteiger partial charge is 0.493 e. The number of fused-ring (bicyclic) bond motifs is 1. The summed E-state index contributed by atoms with van der Waals surface area (Å²) in [4.78, 5) is 16.3. The number of pyridine rings is 1. The third-order valence-electron chi connectivity index (χ3n) is 3.83. The summed E-state index contributed by atoms with van der Waals surface area (Å²) in [6.07, 6.45) is 3.02. The topological polar surface area (TPSA) is 112 Å². The zero-order chi connectivity index (χ0) is 19.5. The second-order valence-corrected chi connectivity index (χ2v) is 5.79. The number of nitrogens with zero attached hydrogens (tertiary/aromatic N) is 7. The van der Waals surface area contributed by atoms with Crippen molar-refractivity contribution in [3.8, 4) is 16.9 Å². The third-order valence-corrected chi connectivity index (χ3v) is 3.83. The molecule has 0 aliphatic carbocycles. The first kappa shape index (κ1) is 17.5. The number of tetrazole rings is 1. The highest BCUT2D eigenvalue weighted by Gasteiger charge is 2.12. The zero-order valence-corrected chi connectivity index (χ0v) is 14.8. The molecule has 10 nitrogen and oxygen atoms in total. The molecule has 3 aromatic heterocycles. The van der Waals surface area contributed by atoms with E-state index in [1.807, 2.05) is 6.92 Å². The van der Waals surface area contributed by atoms with E-state index in [1.165, 1.54) is 27.7 Å². The number of rotatable bonds is 6. The van der Waals surface area contributed by atoms with Gasteiger partial charge in [-0.3, -0.25) is 10.1 Å². The van der Waals surface area contributed by atoms with Crippen molar-refractivity contribution < 1.29 is 13.9 Å². The molecule has 4 rings (SSSR count). The summed E-state index contributed by atoms with van der Waals surface area (Å²) in [5.41, 5.74) is 1.83. The minimum atomic E-state index is -0.368. The lowest BCUT2D eigenvalue weighted by molar-refractivity contribution is -0.117. The van der Waals surface area contributed by atoms with Crippen molar-refractivity contribution in [2.24, 2.45) is 0 Å². The Morgan fingerprint density at radius 1 is 1.29 bits per heavy atom. The molecule has 3 heterocycles. The SMILES string of the molecule is CCOc1ccc(F)cc1-c1ccc2nc(NC(=O)Cn3cnnn3)nn2c1. The van der Waals surface area contributed by atoms with E-state index in [0.717, 1.165) is 0 Å². The number of carbonyl (C=O) groups is 1. The monoisotopic (exact) mass is 382 g/mol. The number of anilines is 1. The molecule has 0 saturated carbocycles. The first-order valence-electron chi connectivity index (χ1n) is 8.42. The number of amides is 1. The van der Waals surface area contributed by atoms with Crippen LogP contribution >= 0.6 is 0 Å². The maximum absolute atomic E-state index is 13.7. The summed E-state index contributed by atoms with van der Waals surface area (Å²) < 4.78 is 22.1. The molecule has 11 heteroatoms. The van der Waals surface area contributed by atoms with E-state index >= 15 is 0 Å². The second kappa shape index (κ2) is 7.39. The van der Waals surface area contributed by atoms with E-state index in [0.29, 0.717) is 29.1 Å². The van der Waals surface area contributed by atoms with Crippen molar-refractivity contribution in [2.45, 2.75) is 13.5 Å². The smallest absolute Gasteiger partial charge is 0.249 e. The average molecular weight is 382 g/mol. The number of ether oxygens (including phenoxy) is 1. The van der Waals surface area contributed by atoms with Gasteiger partial charge in [0.05, 0.1) is 6.61 Å². The van der Waals surface area contributed by atoms with Crippen LogP contribution in [0, 0.1) is 5.82 Å². The maximum atomic E-state index is 13.7. The number of nitrogens with one attached hydrogen (secondary N) is 1. The number of benzene rings is 1. The molecule has 1 N–H and O–H groups in total. The van der Waals surface area contributed by atoms with Crippen LogP contribution in [0.4, 0.5) is 10.3 Å². The van der Waals surface area contributed by atoms with Crippen LogP contribution in [0.3, 0.4) is 0 Å². The van der Waals surface area contributed by atoms with Crippen LogP contribution in [0.25, 0.3) is 16.8 Å². The Balaban J connectivity index is 1.60. The molecule has 0 aliphatic rings. The Bertz CT molecular complexity index is 1130. The lowest BCUT2D eigenvalue weighted by atomic mass is 10.1. The number of hydrogen-bond donors (Lipinski definition) is 1. The first-order valence-corrected chi connectivity index (χ1v) is 8.42. The molecule has 0 fully saturated rings. The predicted octanol–water partition coefficient (Wildman–Crippen LogP) is 1.56. The molecule has 0 spiro atoms. The van der Waals surface area contributed by atoms with Gasteiger partial charge in [-0.25, -0.2) is 13.6 Å². The van der Waals surface area contributed by atoms with Gasteiger partial charge in [0.2, 0.25) is 11.9 Å². The minimum Gasteiger partial charge on any atom is -0.493 e. The highest BCUT2D eigenvalue weighted by Crippen LogP contribution is 2.31. The molecule has 1 aromatic carbocycles. The van der Waals surface area contributed by atoms with Gasteiger partial charge in [-0.15, -0.1) is 10.2 Å². The molecule has 28 heavy (non-hydrogen) atoms.